The number of rotatable bonds is 3. The van der Waals surface area contributed by atoms with Crippen molar-refractivity contribution in [3.8, 4) is 0 Å². The van der Waals surface area contributed by atoms with Crippen LogP contribution in [0.2, 0.25) is 0 Å². The van der Waals surface area contributed by atoms with E-state index in [4.69, 9.17) is 9.95 Å². The van der Waals surface area contributed by atoms with Crippen LogP contribution in [-0.2, 0) is 11.2 Å². The van der Waals surface area contributed by atoms with Crippen LogP contribution < -0.4 is 10.9 Å². The Kier molecular flexibility index (Phi) is 3.49. The van der Waals surface area contributed by atoms with E-state index >= 15 is 0 Å². The molecule has 0 spiro atoms. The van der Waals surface area contributed by atoms with E-state index in [-0.39, 0.29) is 17.9 Å². The molecule has 2 aromatic rings. The van der Waals surface area contributed by atoms with Gasteiger partial charge >= 0.3 is 5.63 Å². The second-order valence-corrected chi connectivity index (χ2v) is 3.81. The van der Waals surface area contributed by atoms with Crippen LogP contribution in [0.1, 0.15) is 5.56 Å². The lowest BCUT2D eigenvalue weighted by molar-refractivity contribution is -0.119. The van der Waals surface area contributed by atoms with Crippen molar-refractivity contribution in [2.24, 2.45) is 5.11 Å². The van der Waals surface area contributed by atoms with Gasteiger partial charge in [-0.05, 0) is 17.2 Å². The van der Waals surface area contributed by atoms with Crippen LogP contribution in [0.3, 0.4) is 0 Å². The predicted molar refractivity (Wildman–Crippen MR) is 69.1 cm³/mol. The molecule has 0 fully saturated rings. The Morgan fingerprint density at radius 1 is 1.47 bits per heavy atom. The summed E-state index contributed by atoms with van der Waals surface area (Å²) >= 11 is 0. The van der Waals surface area contributed by atoms with E-state index in [2.05, 4.69) is 15.3 Å². The summed E-state index contributed by atoms with van der Waals surface area (Å²) in [4.78, 5) is 25.5. The van der Waals surface area contributed by atoms with Gasteiger partial charge in [0.05, 0.1) is 6.42 Å². The summed E-state index contributed by atoms with van der Waals surface area (Å²) < 4.78 is 5.03. The maximum absolute atomic E-state index is 11.4. The third-order valence-corrected chi connectivity index (χ3v) is 2.60. The molecule has 1 aromatic heterocycles. The summed E-state index contributed by atoms with van der Waals surface area (Å²) in [6, 6.07) is 5.99. The number of fused-ring (bicyclic) bond motifs is 1. The lowest BCUT2D eigenvalue weighted by Crippen LogP contribution is -2.20. The van der Waals surface area contributed by atoms with Gasteiger partial charge in [-0.1, -0.05) is 17.2 Å². The average molecular weight is 258 g/mol. The molecular weight excluding hydrogens is 248 g/mol. The van der Waals surface area contributed by atoms with Gasteiger partial charge in [-0.2, -0.15) is 0 Å². The predicted octanol–water partition coefficient (Wildman–Crippen LogP) is 2.02. The second-order valence-electron chi connectivity index (χ2n) is 3.81. The van der Waals surface area contributed by atoms with Gasteiger partial charge in [0.15, 0.2) is 0 Å². The van der Waals surface area contributed by atoms with Gasteiger partial charge in [0.25, 0.3) is 0 Å². The molecule has 96 valence electrons. The van der Waals surface area contributed by atoms with Crippen LogP contribution in [0.5, 0.6) is 0 Å². The third-order valence-electron chi connectivity index (χ3n) is 2.60. The number of likely N-dealkylation sites (N-methyl/N-ethyl adjacent to an activating group) is 1. The van der Waals surface area contributed by atoms with Crippen LogP contribution in [0.15, 0.2) is 38.6 Å². The SMILES string of the molecule is CNC(=O)Cc1cc(=O)oc2cc(N=[N+]=[N-])ccc12. The van der Waals surface area contributed by atoms with Crippen LogP contribution in [0, 0.1) is 0 Å². The molecule has 2 rings (SSSR count). The normalized spacial score (nSPS) is 9.95. The Morgan fingerprint density at radius 2 is 2.26 bits per heavy atom. The highest BCUT2D eigenvalue weighted by atomic mass is 16.4. The Balaban J connectivity index is 2.61. The maximum atomic E-state index is 11.4. The molecule has 0 aliphatic heterocycles. The standard InChI is InChI=1S/C12H10N4O3/c1-14-11(17)4-7-5-12(18)19-10-6-8(15-16-13)2-3-9(7)10/h2-3,5-6H,4H2,1H3,(H,14,17). The van der Waals surface area contributed by atoms with Crippen molar-refractivity contribution in [3.05, 3.63) is 50.7 Å². The average Bonchev–Trinajstić information content (AvgIpc) is 2.38. The van der Waals surface area contributed by atoms with Gasteiger partial charge in [0, 0.05) is 29.1 Å². The number of benzene rings is 1. The van der Waals surface area contributed by atoms with Crippen molar-refractivity contribution < 1.29 is 9.21 Å². The Bertz CT molecular complexity index is 744. The highest BCUT2D eigenvalue weighted by Crippen LogP contribution is 2.23. The van der Waals surface area contributed by atoms with Crippen molar-refractivity contribution in [3.63, 3.8) is 0 Å². The molecule has 0 bridgehead atoms. The zero-order valence-corrected chi connectivity index (χ0v) is 10.1. The molecule has 0 radical (unpaired) electrons. The molecule has 0 saturated carbocycles. The van der Waals surface area contributed by atoms with Crippen molar-refractivity contribution in [1.82, 2.24) is 5.32 Å². The molecule has 1 heterocycles. The molecule has 0 saturated heterocycles. The first-order chi connectivity index (χ1) is 9.13. The van der Waals surface area contributed by atoms with E-state index in [0.717, 1.165) is 0 Å². The monoisotopic (exact) mass is 258 g/mol. The van der Waals surface area contributed by atoms with Gasteiger partial charge in [-0.3, -0.25) is 4.79 Å². The van der Waals surface area contributed by atoms with Gasteiger partial charge in [-0.25, -0.2) is 4.79 Å². The molecule has 7 nitrogen and oxygen atoms in total. The molecule has 1 amide bonds. The van der Waals surface area contributed by atoms with E-state index in [1.54, 1.807) is 12.1 Å². The van der Waals surface area contributed by atoms with E-state index in [0.29, 0.717) is 16.6 Å². The van der Waals surface area contributed by atoms with Crippen molar-refractivity contribution in [1.29, 1.82) is 0 Å². The summed E-state index contributed by atoms with van der Waals surface area (Å²) in [5, 5.41) is 6.56. The molecule has 1 N–H and O–H groups in total. The Labute approximate surface area is 107 Å². The molecular formula is C12H10N4O3. The number of nitrogens with one attached hydrogen (secondary N) is 1. The smallest absolute Gasteiger partial charge is 0.336 e. The maximum Gasteiger partial charge on any atom is 0.336 e. The molecule has 0 aliphatic rings. The molecule has 0 atom stereocenters. The van der Waals surface area contributed by atoms with Crippen molar-refractivity contribution in [2.45, 2.75) is 6.42 Å². The fourth-order valence-electron chi connectivity index (χ4n) is 1.74. The fraction of sp³-hybridized carbons (Fsp3) is 0.167. The zero-order valence-electron chi connectivity index (χ0n) is 10.1. The first-order valence-electron chi connectivity index (χ1n) is 5.46. The summed E-state index contributed by atoms with van der Waals surface area (Å²) in [5.74, 6) is -0.203. The van der Waals surface area contributed by atoms with Gasteiger partial charge in [0.2, 0.25) is 5.91 Å². The number of carbonyl (C=O) groups excluding carboxylic acids is 1. The van der Waals surface area contributed by atoms with E-state index in [9.17, 15) is 9.59 Å². The highest BCUT2D eigenvalue weighted by molar-refractivity contribution is 5.88. The molecule has 19 heavy (non-hydrogen) atoms. The van der Waals surface area contributed by atoms with E-state index in [1.165, 1.54) is 19.2 Å². The summed E-state index contributed by atoms with van der Waals surface area (Å²) in [6.07, 6.45) is 0.0828. The summed E-state index contributed by atoms with van der Waals surface area (Å²) in [7, 11) is 1.52. The first-order valence-corrected chi connectivity index (χ1v) is 5.46. The van der Waals surface area contributed by atoms with Crippen LogP contribution in [0.4, 0.5) is 5.69 Å². The number of carbonyl (C=O) groups is 1. The van der Waals surface area contributed by atoms with Gasteiger partial charge < -0.3 is 9.73 Å². The minimum Gasteiger partial charge on any atom is -0.423 e. The van der Waals surface area contributed by atoms with Crippen molar-refractivity contribution in [2.75, 3.05) is 7.05 Å². The summed E-state index contributed by atoms with van der Waals surface area (Å²) in [6.45, 7) is 0. The minimum atomic E-state index is -0.551. The second kappa shape index (κ2) is 5.24. The topological polar surface area (TPSA) is 108 Å². The van der Waals surface area contributed by atoms with Crippen LogP contribution >= 0.6 is 0 Å². The first kappa shape index (κ1) is 12.7. The van der Waals surface area contributed by atoms with Crippen molar-refractivity contribution >= 4 is 22.6 Å². The van der Waals surface area contributed by atoms with E-state index in [1.807, 2.05) is 0 Å². The van der Waals surface area contributed by atoms with Gasteiger partial charge in [0.1, 0.15) is 5.58 Å². The molecule has 0 unspecified atom stereocenters. The number of nitrogens with zero attached hydrogens (tertiary/aromatic N) is 3. The van der Waals surface area contributed by atoms with E-state index < -0.39 is 5.63 Å². The lowest BCUT2D eigenvalue weighted by Gasteiger charge is -2.05. The quantitative estimate of drug-likeness (QED) is 0.393. The fourth-order valence-corrected chi connectivity index (χ4v) is 1.74. The largest absolute Gasteiger partial charge is 0.423 e. The Morgan fingerprint density at radius 3 is 2.95 bits per heavy atom. The van der Waals surface area contributed by atoms with Gasteiger partial charge in [-0.15, -0.1) is 0 Å². The number of hydrogen-bond acceptors (Lipinski definition) is 4. The minimum absolute atomic E-state index is 0.0828. The lowest BCUT2D eigenvalue weighted by atomic mass is 10.1. The number of azide groups is 1. The van der Waals surface area contributed by atoms with Crippen LogP contribution in [-0.4, -0.2) is 13.0 Å². The Hall–Kier alpha value is -2.79. The summed E-state index contributed by atoms with van der Waals surface area (Å²) in [5.41, 5.74) is 9.01. The van der Waals surface area contributed by atoms with Crippen LogP contribution in [0.25, 0.3) is 21.4 Å². The molecule has 0 aliphatic carbocycles. The number of amides is 1. The molecule has 1 aromatic carbocycles. The third kappa shape index (κ3) is 2.72. The molecule has 7 heteroatoms. The zero-order chi connectivity index (χ0) is 13.8. The number of hydrogen-bond donors (Lipinski definition) is 1. The highest BCUT2D eigenvalue weighted by Gasteiger charge is 2.09.